The molecule has 0 aliphatic carbocycles. The second-order valence-electron chi connectivity index (χ2n) is 4.27. The van der Waals surface area contributed by atoms with Gasteiger partial charge in [0.25, 0.3) is 0 Å². The first-order chi connectivity index (χ1) is 7.29. The molecule has 1 aliphatic heterocycles. The van der Waals surface area contributed by atoms with Crippen molar-refractivity contribution in [2.45, 2.75) is 32.6 Å². The van der Waals surface area contributed by atoms with Crippen LogP contribution in [0.5, 0.6) is 0 Å². The van der Waals surface area contributed by atoms with Crippen molar-refractivity contribution in [1.82, 2.24) is 4.98 Å². The first kappa shape index (κ1) is 10.3. The van der Waals surface area contributed by atoms with Crippen molar-refractivity contribution in [1.29, 1.82) is 0 Å². The van der Waals surface area contributed by atoms with E-state index >= 15 is 0 Å². The summed E-state index contributed by atoms with van der Waals surface area (Å²) in [6.07, 6.45) is 7.04. The molecule has 1 aliphatic rings. The molecule has 82 valence electrons. The van der Waals surface area contributed by atoms with Crippen LogP contribution in [0.15, 0.2) is 12.3 Å². The molecule has 0 amide bonds. The summed E-state index contributed by atoms with van der Waals surface area (Å²) in [5.41, 5.74) is 8.04. The number of nitrogens with two attached hydrogens (primary N) is 1. The lowest BCUT2D eigenvalue weighted by Gasteiger charge is -2.23. The molecule has 1 fully saturated rings. The molecular weight excluding hydrogens is 186 g/mol. The van der Waals surface area contributed by atoms with Crippen molar-refractivity contribution in [3.8, 4) is 0 Å². The third kappa shape index (κ3) is 2.22. The molecule has 0 spiro atoms. The van der Waals surface area contributed by atoms with Gasteiger partial charge in [-0.1, -0.05) is 12.8 Å². The maximum atomic E-state index is 6.06. The van der Waals surface area contributed by atoms with E-state index in [1.807, 2.05) is 19.2 Å². The minimum Gasteiger partial charge on any atom is -0.396 e. The van der Waals surface area contributed by atoms with Crippen LogP contribution >= 0.6 is 0 Å². The Hall–Kier alpha value is -1.25. The lowest BCUT2D eigenvalue weighted by molar-refractivity contribution is 0.726. The SMILES string of the molecule is Cc1ccnc(N2CCCCCC2)c1N. The predicted octanol–water partition coefficient (Wildman–Crippen LogP) is 2.35. The summed E-state index contributed by atoms with van der Waals surface area (Å²) in [6, 6.07) is 1.97. The first-order valence-electron chi connectivity index (χ1n) is 5.75. The van der Waals surface area contributed by atoms with Gasteiger partial charge in [-0.25, -0.2) is 4.98 Å². The predicted molar refractivity (Wildman–Crippen MR) is 64.1 cm³/mol. The highest BCUT2D eigenvalue weighted by molar-refractivity contribution is 5.66. The molecule has 0 radical (unpaired) electrons. The van der Waals surface area contributed by atoms with Crippen molar-refractivity contribution in [3.05, 3.63) is 17.8 Å². The topological polar surface area (TPSA) is 42.2 Å². The van der Waals surface area contributed by atoms with E-state index in [1.54, 1.807) is 0 Å². The maximum Gasteiger partial charge on any atom is 0.152 e. The second kappa shape index (κ2) is 4.51. The number of nitrogens with zero attached hydrogens (tertiary/aromatic N) is 2. The van der Waals surface area contributed by atoms with E-state index in [-0.39, 0.29) is 0 Å². The van der Waals surface area contributed by atoms with E-state index in [0.717, 1.165) is 30.2 Å². The zero-order chi connectivity index (χ0) is 10.7. The molecule has 15 heavy (non-hydrogen) atoms. The zero-order valence-corrected chi connectivity index (χ0v) is 9.37. The molecule has 1 saturated heterocycles. The number of aryl methyl sites for hydroxylation is 1. The third-order valence-electron chi connectivity index (χ3n) is 3.09. The van der Waals surface area contributed by atoms with Crippen LogP contribution < -0.4 is 10.6 Å². The Morgan fingerprint density at radius 1 is 1.20 bits per heavy atom. The van der Waals surface area contributed by atoms with E-state index in [4.69, 9.17) is 5.73 Å². The number of hydrogen-bond donors (Lipinski definition) is 1. The van der Waals surface area contributed by atoms with Gasteiger partial charge in [0.1, 0.15) is 0 Å². The Bertz CT molecular complexity index is 328. The molecule has 0 atom stereocenters. The summed E-state index contributed by atoms with van der Waals surface area (Å²) in [5.74, 6) is 0.983. The van der Waals surface area contributed by atoms with Crippen molar-refractivity contribution in [2.75, 3.05) is 23.7 Å². The van der Waals surface area contributed by atoms with Gasteiger partial charge in [-0.2, -0.15) is 0 Å². The van der Waals surface area contributed by atoms with Gasteiger partial charge in [0.05, 0.1) is 5.69 Å². The van der Waals surface area contributed by atoms with Gasteiger partial charge in [0, 0.05) is 19.3 Å². The van der Waals surface area contributed by atoms with Crippen LogP contribution in [0.1, 0.15) is 31.2 Å². The fourth-order valence-electron chi connectivity index (χ4n) is 2.09. The van der Waals surface area contributed by atoms with Gasteiger partial charge in [-0.05, 0) is 31.4 Å². The number of anilines is 2. The molecule has 3 heteroatoms. The highest BCUT2D eigenvalue weighted by atomic mass is 15.2. The number of aromatic nitrogens is 1. The summed E-state index contributed by atoms with van der Waals surface area (Å²) >= 11 is 0. The number of rotatable bonds is 1. The van der Waals surface area contributed by atoms with Gasteiger partial charge < -0.3 is 10.6 Å². The molecule has 1 aromatic heterocycles. The number of nitrogen functional groups attached to an aromatic ring is 1. The van der Waals surface area contributed by atoms with Crippen LogP contribution in [0.2, 0.25) is 0 Å². The number of hydrogen-bond acceptors (Lipinski definition) is 3. The van der Waals surface area contributed by atoms with Gasteiger partial charge in [0.2, 0.25) is 0 Å². The lowest BCUT2D eigenvalue weighted by Crippen LogP contribution is -2.26. The van der Waals surface area contributed by atoms with Gasteiger partial charge in [0.15, 0.2) is 5.82 Å². The van der Waals surface area contributed by atoms with Gasteiger partial charge in [-0.15, -0.1) is 0 Å². The van der Waals surface area contributed by atoms with Crippen LogP contribution in [0.25, 0.3) is 0 Å². The first-order valence-corrected chi connectivity index (χ1v) is 5.75. The van der Waals surface area contributed by atoms with Crippen molar-refractivity contribution < 1.29 is 0 Å². The molecule has 3 nitrogen and oxygen atoms in total. The quantitative estimate of drug-likeness (QED) is 0.765. The van der Waals surface area contributed by atoms with Crippen LogP contribution in [0.4, 0.5) is 11.5 Å². The molecule has 2 rings (SSSR count). The summed E-state index contributed by atoms with van der Waals surface area (Å²) < 4.78 is 0. The van der Waals surface area contributed by atoms with Crippen LogP contribution in [-0.2, 0) is 0 Å². The molecule has 2 heterocycles. The molecule has 2 N–H and O–H groups in total. The van der Waals surface area contributed by atoms with Crippen LogP contribution in [0, 0.1) is 6.92 Å². The zero-order valence-electron chi connectivity index (χ0n) is 9.37. The summed E-state index contributed by atoms with van der Waals surface area (Å²) in [5, 5.41) is 0. The van der Waals surface area contributed by atoms with E-state index in [2.05, 4.69) is 9.88 Å². The fourth-order valence-corrected chi connectivity index (χ4v) is 2.09. The normalized spacial score (nSPS) is 17.5. The van der Waals surface area contributed by atoms with Crippen molar-refractivity contribution in [3.63, 3.8) is 0 Å². The van der Waals surface area contributed by atoms with Crippen molar-refractivity contribution >= 4 is 11.5 Å². The van der Waals surface area contributed by atoms with E-state index < -0.39 is 0 Å². The van der Waals surface area contributed by atoms with Crippen LogP contribution in [-0.4, -0.2) is 18.1 Å². The standard InChI is InChI=1S/C12H19N3/c1-10-6-7-14-12(11(10)13)15-8-4-2-3-5-9-15/h6-7H,2-5,8-9,13H2,1H3. The summed E-state index contributed by atoms with van der Waals surface area (Å²) in [4.78, 5) is 6.73. The summed E-state index contributed by atoms with van der Waals surface area (Å²) in [7, 11) is 0. The monoisotopic (exact) mass is 205 g/mol. The van der Waals surface area contributed by atoms with Crippen molar-refractivity contribution in [2.24, 2.45) is 0 Å². The second-order valence-corrected chi connectivity index (χ2v) is 4.27. The minimum absolute atomic E-state index is 0.847. The van der Waals surface area contributed by atoms with E-state index in [1.165, 1.54) is 25.7 Å². The highest BCUT2D eigenvalue weighted by Crippen LogP contribution is 2.25. The largest absolute Gasteiger partial charge is 0.396 e. The van der Waals surface area contributed by atoms with Crippen LogP contribution in [0.3, 0.4) is 0 Å². The molecule has 1 aromatic rings. The lowest BCUT2D eigenvalue weighted by atomic mass is 10.2. The molecular formula is C12H19N3. The Kier molecular flexibility index (Phi) is 3.09. The third-order valence-corrected chi connectivity index (χ3v) is 3.09. The summed E-state index contributed by atoms with van der Waals surface area (Å²) in [6.45, 7) is 4.24. The Morgan fingerprint density at radius 2 is 1.87 bits per heavy atom. The average Bonchev–Trinajstić information content (AvgIpc) is 2.50. The Balaban J connectivity index is 2.23. The molecule has 0 saturated carbocycles. The average molecular weight is 205 g/mol. The molecule has 0 bridgehead atoms. The van der Waals surface area contributed by atoms with E-state index in [0.29, 0.717) is 0 Å². The van der Waals surface area contributed by atoms with E-state index in [9.17, 15) is 0 Å². The van der Waals surface area contributed by atoms with Gasteiger partial charge >= 0.3 is 0 Å². The maximum absolute atomic E-state index is 6.06. The molecule has 0 unspecified atom stereocenters. The highest BCUT2D eigenvalue weighted by Gasteiger charge is 2.14. The Labute approximate surface area is 91.3 Å². The fraction of sp³-hybridized carbons (Fsp3) is 0.583. The number of pyridine rings is 1. The van der Waals surface area contributed by atoms with Gasteiger partial charge in [-0.3, -0.25) is 0 Å². The minimum atomic E-state index is 0.847. The molecule has 0 aromatic carbocycles. The smallest absolute Gasteiger partial charge is 0.152 e. The Morgan fingerprint density at radius 3 is 2.53 bits per heavy atom.